The number of ether oxygens (including phenoxy) is 5. The van der Waals surface area contributed by atoms with Crippen LogP contribution in [-0.4, -0.2) is 100 Å². The van der Waals surface area contributed by atoms with E-state index < -0.39 is 113 Å². The van der Waals surface area contributed by atoms with Gasteiger partial charge in [-0.2, -0.15) is 0 Å². The minimum absolute atomic E-state index is 0.0139. The lowest BCUT2D eigenvalue weighted by atomic mass is 9.44. The number of ketones is 1. The van der Waals surface area contributed by atoms with Crippen LogP contribution >= 0.6 is 0 Å². The number of carbonyl (C=O) groups excluding carboxylic acids is 6. The van der Waals surface area contributed by atoms with E-state index in [9.17, 15) is 39.7 Å². The largest absolute Gasteiger partial charge is 0.456 e. The van der Waals surface area contributed by atoms with Crippen LogP contribution < -0.4 is 5.32 Å². The third-order valence-electron chi connectivity index (χ3n) is 13.5. The van der Waals surface area contributed by atoms with E-state index in [4.69, 9.17) is 23.7 Å². The lowest BCUT2D eigenvalue weighted by Gasteiger charge is -2.67. The van der Waals surface area contributed by atoms with Gasteiger partial charge in [-0.1, -0.05) is 92.6 Å². The minimum Gasteiger partial charge on any atom is -0.456 e. The Labute approximate surface area is 368 Å². The molecule has 2 saturated carbocycles. The van der Waals surface area contributed by atoms with Gasteiger partial charge in [-0.05, 0) is 59.9 Å². The number of nitrogens with zero attached hydrogens (tertiary/aromatic N) is 3. The number of aliphatic hydroxyl groups is 2. The van der Waals surface area contributed by atoms with Crippen molar-refractivity contribution in [3.8, 4) is 0 Å². The topological polar surface area (TPSA) is 250 Å². The second-order valence-corrected chi connectivity index (χ2v) is 17.6. The number of carbonyl (C=O) groups is 6. The summed E-state index contributed by atoms with van der Waals surface area (Å²) in [5, 5.41) is 32.2. The summed E-state index contributed by atoms with van der Waals surface area (Å²) in [5.74, 6) is -6.72. The lowest BCUT2D eigenvalue weighted by Crippen LogP contribution is -2.81. The van der Waals surface area contributed by atoms with Gasteiger partial charge in [0.15, 0.2) is 23.6 Å². The highest BCUT2D eigenvalue weighted by Crippen LogP contribution is 2.65. The van der Waals surface area contributed by atoms with E-state index in [1.807, 2.05) is 0 Å². The normalized spacial score (nSPS) is 31.0. The first-order valence-electron chi connectivity index (χ1n) is 20.9. The molecule has 7 rings (SSSR count). The summed E-state index contributed by atoms with van der Waals surface area (Å²) in [5.41, 5.74) is 2.77. The van der Waals surface area contributed by atoms with Crippen molar-refractivity contribution in [2.75, 3.05) is 6.61 Å². The third kappa shape index (κ3) is 7.72. The highest BCUT2D eigenvalue weighted by Gasteiger charge is 2.78. The van der Waals surface area contributed by atoms with Crippen molar-refractivity contribution < 1.29 is 62.7 Å². The second-order valence-electron chi connectivity index (χ2n) is 17.6. The Kier molecular flexibility index (Phi) is 12.3. The maximum atomic E-state index is 15.6. The Morgan fingerprint density at radius 3 is 2.00 bits per heavy atom. The van der Waals surface area contributed by atoms with Gasteiger partial charge in [0.2, 0.25) is 0 Å². The fraction of sp³-hybridized carbons (Fsp3) is 0.447. The summed E-state index contributed by atoms with van der Waals surface area (Å²) >= 11 is 0. The molecule has 336 valence electrons. The Hall–Kier alpha value is -6.39. The summed E-state index contributed by atoms with van der Waals surface area (Å²) in [6.07, 6.45) is -9.13. The molecule has 3 N–H and O–H groups in total. The number of hydrogen-bond donors (Lipinski definition) is 3. The van der Waals surface area contributed by atoms with Gasteiger partial charge in [0, 0.05) is 41.6 Å². The summed E-state index contributed by atoms with van der Waals surface area (Å²) < 4.78 is 30.5. The molecule has 1 amide bonds. The second kappa shape index (κ2) is 17.3. The van der Waals surface area contributed by atoms with Crippen LogP contribution in [0.4, 0.5) is 0 Å². The molecule has 1 aliphatic heterocycles. The van der Waals surface area contributed by atoms with Crippen LogP contribution in [0.2, 0.25) is 0 Å². The summed E-state index contributed by atoms with van der Waals surface area (Å²) in [6.45, 7) is 8.01. The van der Waals surface area contributed by atoms with Crippen LogP contribution in [0.15, 0.2) is 107 Å². The number of amides is 1. The number of fused-ring (bicyclic) bond motifs is 5. The van der Waals surface area contributed by atoms with E-state index in [0.29, 0.717) is 5.56 Å². The predicted molar refractivity (Wildman–Crippen MR) is 225 cm³/mol. The van der Waals surface area contributed by atoms with Gasteiger partial charge in [0.1, 0.15) is 23.9 Å². The molecule has 17 nitrogen and oxygen atoms in total. The average Bonchev–Trinajstić information content (AvgIpc) is 3.25. The molecular formula is C47H50N4O13. The Bertz CT molecular complexity index is 2420. The number of rotatable bonds is 11. The van der Waals surface area contributed by atoms with Gasteiger partial charge in [-0.3, -0.25) is 19.2 Å². The van der Waals surface area contributed by atoms with Crippen molar-refractivity contribution in [3.05, 3.63) is 129 Å². The van der Waals surface area contributed by atoms with Crippen LogP contribution in [0.5, 0.6) is 0 Å². The van der Waals surface area contributed by atoms with Gasteiger partial charge in [-0.25, -0.2) is 9.59 Å². The van der Waals surface area contributed by atoms with Crippen molar-refractivity contribution in [2.24, 2.45) is 21.9 Å². The highest BCUT2D eigenvalue weighted by molar-refractivity contribution is 5.96. The number of azide groups is 1. The van der Waals surface area contributed by atoms with E-state index in [1.165, 1.54) is 26.0 Å². The number of hydrogen-bond acceptors (Lipinski definition) is 14. The van der Waals surface area contributed by atoms with E-state index in [1.54, 1.807) is 92.7 Å². The van der Waals surface area contributed by atoms with Gasteiger partial charge in [-0.15, -0.1) is 0 Å². The average molecular weight is 879 g/mol. The SMILES string of the molecule is CC(=O)O[C@H]1C(=O)[C@]2(C)C[C@@H](N=[N+]=[N-])[C@H]3OC[C@@]3(OC(C)=O)C2[C@H](OC(=O)c2ccccc2)[C@]2(O)C[C@H](OC(=O)[C@H](O)[C@@H](NC(=O)c3ccccc3)c3ccccc3)C(C)=C1C2(C)C. The van der Waals surface area contributed by atoms with Crippen molar-refractivity contribution in [3.63, 3.8) is 0 Å². The minimum atomic E-state index is -2.38. The third-order valence-corrected chi connectivity index (χ3v) is 13.5. The molecule has 1 saturated heterocycles. The fourth-order valence-corrected chi connectivity index (χ4v) is 10.5. The zero-order valence-electron chi connectivity index (χ0n) is 36.1. The zero-order chi connectivity index (χ0) is 46.4. The molecule has 3 aromatic rings. The molecule has 1 unspecified atom stereocenters. The monoisotopic (exact) mass is 878 g/mol. The molecule has 17 heteroatoms. The molecule has 0 radical (unpaired) electrons. The Balaban J connectivity index is 1.40. The maximum absolute atomic E-state index is 15.6. The van der Waals surface area contributed by atoms with E-state index in [0.717, 1.165) is 13.8 Å². The summed E-state index contributed by atoms with van der Waals surface area (Å²) in [7, 11) is 0. The first-order valence-corrected chi connectivity index (χ1v) is 20.9. The van der Waals surface area contributed by atoms with Crippen LogP contribution in [0, 0.1) is 16.7 Å². The number of Topliss-reactive ketones (excluding diaryl/α,β-unsaturated/α-hetero) is 1. The molecule has 0 aromatic heterocycles. The molecule has 3 fully saturated rings. The zero-order valence-corrected chi connectivity index (χ0v) is 36.1. The van der Waals surface area contributed by atoms with Crippen molar-refractivity contribution >= 4 is 35.6 Å². The molecule has 64 heavy (non-hydrogen) atoms. The highest BCUT2D eigenvalue weighted by atomic mass is 16.6. The van der Waals surface area contributed by atoms with E-state index in [-0.39, 0.29) is 35.3 Å². The lowest BCUT2D eigenvalue weighted by molar-refractivity contribution is -0.336. The first kappa shape index (κ1) is 45.6. The number of benzene rings is 3. The van der Waals surface area contributed by atoms with Gasteiger partial charge in [0.25, 0.3) is 5.91 Å². The standard InChI is InChI=1S/C47H50N4O13/c1-25-32(62-43(58)35(54)34(28-16-10-7-11-17-28)49-41(56)29-18-12-8-13-19-29)23-47(59)40(63-42(57)30-20-14-9-15-21-30)37-45(6,38(55)36(61-26(2)52)33(25)44(47,4)5)22-31(50-51-48)39-46(37,24-60-39)64-27(3)53/h7-21,31-32,34-37,39-40,54,59H,22-24H2,1-6H3,(H,49,56)/t31-,32+,34+,35-,36-,37?,39-,40+,45-,46-,47-/m1/s1. The smallest absolute Gasteiger partial charge is 0.338 e. The maximum Gasteiger partial charge on any atom is 0.338 e. The number of esters is 4. The van der Waals surface area contributed by atoms with E-state index in [2.05, 4.69) is 15.3 Å². The molecule has 2 bridgehead atoms. The molecule has 3 aliphatic carbocycles. The summed E-state index contributed by atoms with van der Waals surface area (Å²) in [4.78, 5) is 87.0. The quantitative estimate of drug-likeness (QED) is 0.0570. The first-order chi connectivity index (χ1) is 30.3. The van der Waals surface area contributed by atoms with Gasteiger partial charge >= 0.3 is 23.9 Å². The molecule has 4 aliphatic rings. The van der Waals surface area contributed by atoms with Crippen molar-refractivity contribution in [1.29, 1.82) is 0 Å². The molecule has 0 spiro atoms. The number of aliphatic hydroxyl groups excluding tert-OH is 1. The van der Waals surface area contributed by atoms with E-state index >= 15 is 4.79 Å². The number of nitrogens with one attached hydrogen (secondary N) is 1. The van der Waals surface area contributed by atoms with Crippen molar-refractivity contribution in [1.82, 2.24) is 5.32 Å². The van der Waals surface area contributed by atoms with Crippen LogP contribution in [-0.2, 0) is 42.9 Å². The molecular weight excluding hydrogens is 829 g/mol. The molecule has 3 aromatic carbocycles. The van der Waals surface area contributed by atoms with Crippen LogP contribution in [0.25, 0.3) is 10.4 Å². The Morgan fingerprint density at radius 2 is 1.45 bits per heavy atom. The van der Waals surface area contributed by atoms with Crippen LogP contribution in [0.3, 0.4) is 0 Å². The molecule has 11 atom stereocenters. The molecule has 1 heterocycles. The fourth-order valence-electron chi connectivity index (χ4n) is 10.5. The van der Waals surface area contributed by atoms with Crippen molar-refractivity contribution in [2.45, 2.75) is 108 Å². The predicted octanol–water partition coefficient (Wildman–Crippen LogP) is 5.05. The van der Waals surface area contributed by atoms with Crippen LogP contribution in [0.1, 0.15) is 86.7 Å². The van der Waals surface area contributed by atoms with Gasteiger partial charge < -0.3 is 39.2 Å². The Morgan fingerprint density at radius 1 is 0.859 bits per heavy atom. The summed E-state index contributed by atoms with van der Waals surface area (Å²) in [6, 6.07) is 21.8. The van der Waals surface area contributed by atoms with Gasteiger partial charge in [0.05, 0.1) is 30.2 Å².